The van der Waals surface area contributed by atoms with E-state index in [1.807, 2.05) is 0 Å². The van der Waals surface area contributed by atoms with Crippen molar-refractivity contribution in [2.45, 2.75) is 45.3 Å². The van der Waals surface area contributed by atoms with E-state index in [0.29, 0.717) is 0 Å². The molecule has 1 saturated heterocycles. The van der Waals surface area contributed by atoms with Gasteiger partial charge in [-0.1, -0.05) is 6.07 Å². The molecule has 3 heteroatoms. The third kappa shape index (κ3) is 2.57. The number of hydrogen-bond donors (Lipinski definition) is 1. The molecule has 104 valence electrons. The van der Waals surface area contributed by atoms with Gasteiger partial charge in [-0.25, -0.2) is 0 Å². The first-order valence-electron chi connectivity index (χ1n) is 7.34. The van der Waals surface area contributed by atoms with E-state index in [1.54, 1.807) is 0 Å². The fourth-order valence-corrected chi connectivity index (χ4v) is 3.42. The van der Waals surface area contributed by atoms with Crippen molar-refractivity contribution in [1.29, 1.82) is 0 Å². The molecule has 1 atom stereocenters. The molecular formula is C16H24N2O. The molecule has 19 heavy (non-hydrogen) atoms. The fraction of sp³-hybridized carbons (Fsp3) is 0.625. The van der Waals surface area contributed by atoms with E-state index in [1.165, 1.54) is 29.8 Å². The summed E-state index contributed by atoms with van der Waals surface area (Å²) in [4.78, 5) is 2.50. The smallest absolute Gasteiger partial charge is 0.0805 e. The Bertz CT molecular complexity index is 470. The molecule has 0 aliphatic carbocycles. The predicted octanol–water partition coefficient (Wildman–Crippen LogP) is 3.05. The average Bonchev–Trinajstić information content (AvgIpc) is 2.35. The van der Waals surface area contributed by atoms with Gasteiger partial charge in [0.2, 0.25) is 0 Å². The maximum Gasteiger partial charge on any atom is 0.0805 e. The highest BCUT2D eigenvalue weighted by Gasteiger charge is 2.32. The highest BCUT2D eigenvalue weighted by Crippen LogP contribution is 2.34. The van der Waals surface area contributed by atoms with Gasteiger partial charge in [-0.15, -0.1) is 0 Å². The third-order valence-electron chi connectivity index (χ3n) is 3.98. The third-order valence-corrected chi connectivity index (χ3v) is 3.98. The number of ether oxygens (including phenoxy) is 1. The van der Waals surface area contributed by atoms with E-state index in [2.05, 4.69) is 49.2 Å². The van der Waals surface area contributed by atoms with Gasteiger partial charge in [-0.05, 0) is 51.3 Å². The van der Waals surface area contributed by atoms with Crippen LogP contribution in [0.1, 0.15) is 32.8 Å². The summed E-state index contributed by atoms with van der Waals surface area (Å²) in [6, 6.07) is 6.63. The summed E-state index contributed by atoms with van der Waals surface area (Å²) in [7, 11) is 0. The zero-order chi connectivity index (χ0) is 13.5. The van der Waals surface area contributed by atoms with Crippen LogP contribution in [0.3, 0.4) is 0 Å². The lowest BCUT2D eigenvalue weighted by atomic mass is 9.98. The number of hydrogen-bond acceptors (Lipinski definition) is 3. The van der Waals surface area contributed by atoms with Crippen molar-refractivity contribution >= 4 is 11.4 Å². The van der Waals surface area contributed by atoms with Crippen LogP contribution >= 0.6 is 0 Å². The highest BCUT2D eigenvalue weighted by atomic mass is 16.5. The molecule has 2 aliphatic heterocycles. The molecule has 1 fully saturated rings. The predicted molar refractivity (Wildman–Crippen MR) is 80.1 cm³/mol. The monoisotopic (exact) mass is 260 g/mol. The minimum Gasteiger partial charge on any atom is -0.385 e. The Morgan fingerprint density at radius 3 is 3.00 bits per heavy atom. The molecule has 1 unspecified atom stereocenters. The number of nitrogens with one attached hydrogen (secondary N) is 1. The molecular weight excluding hydrogens is 236 g/mol. The number of benzene rings is 1. The van der Waals surface area contributed by atoms with Crippen LogP contribution in [0.25, 0.3) is 0 Å². The van der Waals surface area contributed by atoms with Crippen molar-refractivity contribution in [2.24, 2.45) is 0 Å². The van der Waals surface area contributed by atoms with Gasteiger partial charge in [0, 0.05) is 31.0 Å². The van der Waals surface area contributed by atoms with Crippen LogP contribution in [0.2, 0.25) is 0 Å². The summed E-state index contributed by atoms with van der Waals surface area (Å²) < 4.78 is 6.01. The van der Waals surface area contributed by atoms with E-state index in [4.69, 9.17) is 4.74 Å². The Morgan fingerprint density at radius 1 is 1.37 bits per heavy atom. The summed E-state index contributed by atoms with van der Waals surface area (Å²) >= 11 is 0. The van der Waals surface area contributed by atoms with Gasteiger partial charge < -0.3 is 15.0 Å². The zero-order valence-corrected chi connectivity index (χ0v) is 12.2. The van der Waals surface area contributed by atoms with Gasteiger partial charge in [0.05, 0.1) is 11.7 Å². The van der Waals surface area contributed by atoms with E-state index < -0.39 is 0 Å². The Hall–Kier alpha value is -1.22. The molecule has 0 bridgehead atoms. The van der Waals surface area contributed by atoms with Crippen LogP contribution < -0.4 is 10.2 Å². The maximum atomic E-state index is 6.01. The van der Waals surface area contributed by atoms with Crippen molar-refractivity contribution in [3.63, 3.8) is 0 Å². The average molecular weight is 260 g/mol. The minimum atomic E-state index is -0.0670. The summed E-state index contributed by atoms with van der Waals surface area (Å²) in [6.45, 7) is 9.59. The summed E-state index contributed by atoms with van der Waals surface area (Å²) in [6.07, 6.45) is 2.70. The summed E-state index contributed by atoms with van der Waals surface area (Å²) in [5.41, 5.74) is 4.13. The van der Waals surface area contributed by atoms with E-state index in [-0.39, 0.29) is 11.7 Å². The molecule has 0 saturated carbocycles. The first-order valence-corrected chi connectivity index (χ1v) is 7.34. The van der Waals surface area contributed by atoms with Gasteiger partial charge in [0.15, 0.2) is 0 Å². The van der Waals surface area contributed by atoms with Gasteiger partial charge >= 0.3 is 0 Å². The van der Waals surface area contributed by atoms with Crippen LogP contribution in [0, 0.1) is 0 Å². The number of fused-ring (bicyclic) bond motifs is 1. The molecule has 2 aliphatic rings. The van der Waals surface area contributed by atoms with E-state index >= 15 is 0 Å². The summed E-state index contributed by atoms with van der Waals surface area (Å²) in [5, 5.41) is 3.52. The van der Waals surface area contributed by atoms with Crippen LogP contribution in [0.15, 0.2) is 18.2 Å². The van der Waals surface area contributed by atoms with E-state index in [0.717, 1.165) is 19.6 Å². The zero-order valence-electron chi connectivity index (χ0n) is 12.2. The normalized spacial score (nSPS) is 25.6. The van der Waals surface area contributed by atoms with E-state index in [9.17, 15) is 0 Å². The molecule has 0 spiro atoms. The number of anilines is 2. The number of nitrogens with zero attached hydrogens (tertiary/aromatic N) is 1. The van der Waals surface area contributed by atoms with Crippen LogP contribution in [0.4, 0.5) is 11.4 Å². The van der Waals surface area contributed by atoms with Crippen molar-refractivity contribution in [2.75, 3.05) is 29.9 Å². The van der Waals surface area contributed by atoms with Crippen molar-refractivity contribution in [3.8, 4) is 0 Å². The Balaban J connectivity index is 1.93. The molecule has 0 amide bonds. The molecule has 1 aromatic carbocycles. The SMILES string of the molecule is CC1CN(c2cccc3c2CCCN3)CC(C)(C)O1. The Labute approximate surface area is 115 Å². The van der Waals surface area contributed by atoms with Crippen LogP contribution in [-0.4, -0.2) is 31.3 Å². The fourth-order valence-electron chi connectivity index (χ4n) is 3.42. The largest absolute Gasteiger partial charge is 0.385 e. The lowest BCUT2D eigenvalue weighted by Crippen LogP contribution is -2.52. The van der Waals surface area contributed by atoms with Gasteiger partial charge in [-0.3, -0.25) is 0 Å². The quantitative estimate of drug-likeness (QED) is 0.840. The molecule has 0 aromatic heterocycles. The highest BCUT2D eigenvalue weighted by molar-refractivity contribution is 5.68. The van der Waals surface area contributed by atoms with Crippen molar-refractivity contribution in [1.82, 2.24) is 0 Å². The Morgan fingerprint density at radius 2 is 2.21 bits per heavy atom. The lowest BCUT2D eigenvalue weighted by Gasteiger charge is -2.44. The lowest BCUT2D eigenvalue weighted by molar-refractivity contribution is -0.0750. The van der Waals surface area contributed by atoms with Gasteiger partial charge in [0.1, 0.15) is 0 Å². The second kappa shape index (κ2) is 4.71. The first-order chi connectivity index (χ1) is 9.05. The summed E-state index contributed by atoms with van der Waals surface area (Å²) in [5.74, 6) is 0. The molecule has 1 N–H and O–H groups in total. The molecule has 3 rings (SSSR count). The topological polar surface area (TPSA) is 24.5 Å². The number of morpholine rings is 1. The second-order valence-corrected chi connectivity index (χ2v) is 6.40. The minimum absolute atomic E-state index is 0.0670. The van der Waals surface area contributed by atoms with Gasteiger partial charge in [-0.2, -0.15) is 0 Å². The molecule has 2 heterocycles. The van der Waals surface area contributed by atoms with Crippen LogP contribution in [-0.2, 0) is 11.2 Å². The van der Waals surface area contributed by atoms with Crippen molar-refractivity contribution < 1.29 is 4.74 Å². The first kappa shape index (κ1) is 12.8. The standard InChI is InChI=1S/C16H24N2O/c1-12-10-18(11-16(2,3)19-12)15-8-4-7-14-13(15)6-5-9-17-14/h4,7-8,12,17H,5-6,9-11H2,1-3H3. The maximum absolute atomic E-state index is 6.01. The molecule has 1 aromatic rings. The van der Waals surface area contributed by atoms with Gasteiger partial charge in [0.25, 0.3) is 0 Å². The molecule has 0 radical (unpaired) electrons. The Kier molecular flexibility index (Phi) is 3.17. The second-order valence-electron chi connectivity index (χ2n) is 6.40. The van der Waals surface area contributed by atoms with Crippen molar-refractivity contribution in [3.05, 3.63) is 23.8 Å². The van der Waals surface area contributed by atoms with Crippen LogP contribution in [0.5, 0.6) is 0 Å². The molecule has 3 nitrogen and oxygen atoms in total. The number of rotatable bonds is 1.